The average Bonchev–Trinajstić information content (AvgIpc) is 3.23. The second-order valence-corrected chi connectivity index (χ2v) is 7.29. The van der Waals surface area contributed by atoms with E-state index >= 15 is 0 Å². The molecule has 0 aliphatic carbocycles. The molecule has 0 spiro atoms. The Bertz CT molecular complexity index is 757. The van der Waals surface area contributed by atoms with Gasteiger partial charge in [0, 0.05) is 56.7 Å². The molecule has 3 aliphatic heterocycles. The second kappa shape index (κ2) is 6.61. The molecular formula is C18H24N4O3. The van der Waals surface area contributed by atoms with Gasteiger partial charge in [0.2, 0.25) is 11.8 Å². The van der Waals surface area contributed by atoms with E-state index < -0.39 is 0 Å². The van der Waals surface area contributed by atoms with Gasteiger partial charge in [0.15, 0.2) is 0 Å². The number of fused-ring (bicyclic) bond motifs is 1. The number of hydrogen-bond acceptors (Lipinski definition) is 4. The predicted molar refractivity (Wildman–Crippen MR) is 91.2 cm³/mol. The lowest BCUT2D eigenvalue weighted by Gasteiger charge is -2.34. The Morgan fingerprint density at radius 2 is 1.96 bits per heavy atom. The lowest BCUT2D eigenvalue weighted by atomic mass is 9.94. The highest BCUT2D eigenvalue weighted by Crippen LogP contribution is 2.28. The Morgan fingerprint density at radius 1 is 1.12 bits per heavy atom. The molecular weight excluding hydrogens is 320 g/mol. The van der Waals surface area contributed by atoms with Crippen LogP contribution in [0.15, 0.2) is 10.9 Å². The number of amides is 2. The number of piperidine rings is 1. The lowest BCUT2D eigenvalue weighted by Crippen LogP contribution is -2.45. The van der Waals surface area contributed by atoms with Gasteiger partial charge in [-0.15, -0.1) is 0 Å². The normalized spacial score (nSPS) is 23.2. The Balaban J connectivity index is 1.49. The summed E-state index contributed by atoms with van der Waals surface area (Å²) in [5.74, 6) is 1.17. The minimum atomic E-state index is -0.172. The zero-order chi connectivity index (χ0) is 17.4. The summed E-state index contributed by atoms with van der Waals surface area (Å²) in [6.07, 6.45) is 5.19. The van der Waals surface area contributed by atoms with Crippen molar-refractivity contribution in [2.24, 2.45) is 0 Å². The molecule has 3 aliphatic rings. The Labute approximate surface area is 146 Å². The molecule has 1 aromatic heterocycles. The van der Waals surface area contributed by atoms with Gasteiger partial charge in [-0.2, -0.15) is 4.98 Å². The van der Waals surface area contributed by atoms with Crippen molar-refractivity contribution in [2.45, 2.75) is 51.0 Å². The standard InChI is InChI=1S/C18H24N4O3/c23-16-10-14(22-9-2-5-15(22)19-16)13-4-1-7-20(11-13)18(25)12-21-8-3-6-17(21)24/h10,13H,1-9,11-12H2. The van der Waals surface area contributed by atoms with Gasteiger partial charge in [-0.1, -0.05) is 0 Å². The van der Waals surface area contributed by atoms with Crippen LogP contribution >= 0.6 is 0 Å². The fourth-order valence-electron chi connectivity index (χ4n) is 4.34. The number of carbonyl (C=O) groups excluding carboxylic acids is 2. The number of likely N-dealkylation sites (tertiary alicyclic amines) is 2. The number of hydrogen-bond donors (Lipinski definition) is 0. The third kappa shape index (κ3) is 3.19. The maximum absolute atomic E-state index is 12.6. The molecule has 0 N–H and O–H groups in total. The predicted octanol–water partition coefficient (Wildman–Crippen LogP) is 0.518. The molecule has 4 rings (SSSR count). The second-order valence-electron chi connectivity index (χ2n) is 7.29. The number of rotatable bonds is 3. The highest BCUT2D eigenvalue weighted by atomic mass is 16.2. The van der Waals surface area contributed by atoms with Crippen LogP contribution in [0.3, 0.4) is 0 Å². The fourth-order valence-corrected chi connectivity index (χ4v) is 4.34. The van der Waals surface area contributed by atoms with Gasteiger partial charge in [-0.25, -0.2) is 0 Å². The van der Waals surface area contributed by atoms with E-state index in [0.29, 0.717) is 19.5 Å². The first-order valence-electron chi connectivity index (χ1n) is 9.28. The van der Waals surface area contributed by atoms with E-state index in [1.165, 1.54) is 0 Å². The molecule has 0 saturated carbocycles. The molecule has 4 heterocycles. The highest BCUT2D eigenvalue weighted by molar-refractivity contribution is 5.86. The average molecular weight is 344 g/mol. The number of carbonyl (C=O) groups is 2. The van der Waals surface area contributed by atoms with Gasteiger partial charge < -0.3 is 14.4 Å². The van der Waals surface area contributed by atoms with Crippen molar-refractivity contribution in [2.75, 3.05) is 26.2 Å². The Hall–Kier alpha value is -2.18. The number of aryl methyl sites for hydroxylation is 1. The van der Waals surface area contributed by atoms with Gasteiger partial charge in [-0.05, 0) is 25.7 Å². The first kappa shape index (κ1) is 16.3. The largest absolute Gasteiger partial charge is 0.340 e. The smallest absolute Gasteiger partial charge is 0.273 e. The van der Waals surface area contributed by atoms with E-state index in [1.807, 2.05) is 4.90 Å². The van der Waals surface area contributed by atoms with Crippen molar-refractivity contribution < 1.29 is 9.59 Å². The van der Waals surface area contributed by atoms with Crippen molar-refractivity contribution in [3.05, 3.63) is 27.9 Å². The Morgan fingerprint density at radius 3 is 2.76 bits per heavy atom. The molecule has 2 saturated heterocycles. The van der Waals surface area contributed by atoms with Crippen molar-refractivity contribution in [3.8, 4) is 0 Å². The van der Waals surface area contributed by atoms with E-state index in [0.717, 1.165) is 56.7 Å². The molecule has 1 unspecified atom stereocenters. The number of nitrogens with zero attached hydrogens (tertiary/aromatic N) is 4. The minimum Gasteiger partial charge on any atom is -0.340 e. The van der Waals surface area contributed by atoms with Crippen LogP contribution in [-0.4, -0.2) is 57.3 Å². The monoisotopic (exact) mass is 344 g/mol. The molecule has 0 radical (unpaired) electrons. The first-order valence-corrected chi connectivity index (χ1v) is 9.28. The SMILES string of the molecule is O=C1CCCN1CC(=O)N1CCCC(c2cc(=O)nc3n2CCC3)C1. The summed E-state index contributed by atoms with van der Waals surface area (Å²) in [6, 6.07) is 1.65. The molecule has 134 valence electrons. The van der Waals surface area contributed by atoms with Crippen molar-refractivity contribution in [3.63, 3.8) is 0 Å². The summed E-state index contributed by atoms with van der Waals surface area (Å²) in [4.78, 5) is 44.0. The molecule has 25 heavy (non-hydrogen) atoms. The highest BCUT2D eigenvalue weighted by Gasteiger charge is 2.30. The van der Waals surface area contributed by atoms with Gasteiger partial charge in [0.1, 0.15) is 5.82 Å². The van der Waals surface area contributed by atoms with E-state index in [1.54, 1.807) is 11.0 Å². The molecule has 0 bridgehead atoms. The first-order chi connectivity index (χ1) is 12.1. The quantitative estimate of drug-likeness (QED) is 0.801. The van der Waals surface area contributed by atoms with Crippen molar-refractivity contribution in [1.82, 2.24) is 19.4 Å². The van der Waals surface area contributed by atoms with E-state index in [2.05, 4.69) is 9.55 Å². The van der Waals surface area contributed by atoms with Gasteiger partial charge >= 0.3 is 0 Å². The molecule has 7 nitrogen and oxygen atoms in total. The van der Waals surface area contributed by atoms with Crippen molar-refractivity contribution >= 4 is 11.8 Å². The van der Waals surface area contributed by atoms with Crippen LogP contribution in [0.4, 0.5) is 0 Å². The summed E-state index contributed by atoms with van der Waals surface area (Å²) in [6.45, 7) is 3.16. The maximum Gasteiger partial charge on any atom is 0.273 e. The van der Waals surface area contributed by atoms with Gasteiger partial charge in [0.25, 0.3) is 5.56 Å². The van der Waals surface area contributed by atoms with Gasteiger partial charge in [0.05, 0.1) is 6.54 Å². The topological polar surface area (TPSA) is 75.5 Å². The van der Waals surface area contributed by atoms with E-state index in [-0.39, 0.29) is 29.8 Å². The summed E-state index contributed by atoms with van der Waals surface area (Å²) >= 11 is 0. The maximum atomic E-state index is 12.6. The van der Waals surface area contributed by atoms with Crippen LogP contribution in [0.1, 0.15) is 49.5 Å². The number of aromatic nitrogens is 2. The third-order valence-electron chi connectivity index (χ3n) is 5.61. The summed E-state index contributed by atoms with van der Waals surface area (Å²) in [7, 11) is 0. The Kier molecular flexibility index (Phi) is 4.31. The summed E-state index contributed by atoms with van der Waals surface area (Å²) < 4.78 is 2.17. The zero-order valence-electron chi connectivity index (χ0n) is 14.4. The zero-order valence-corrected chi connectivity index (χ0v) is 14.4. The van der Waals surface area contributed by atoms with Crippen LogP contribution in [0.5, 0.6) is 0 Å². The molecule has 1 atom stereocenters. The van der Waals surface area contributed by atoms with Crippen molar-refractivity contribution in [1.29, 1.82) is 0 Å². The van der Waals surface area contributed by atoms with Crippen LogP contribution in [0.25, 0.3) is 0 Å². The van der Waals surface area contributed by atoms with Gasteiger partial charge in [-0.3, -0.25) is 14.4 Å². The summed E-state index contributed by atoms with van der Waals surface area (Å²) in [5.41, 5.74) is 0.858. The molecule has 2 amide bonds. The lowest BCUT2D eigenvalue weighted by molar-refractivity contribution is -0.139. The third-order valence-corrected chi connectivity index (χ3v) is 5.61. The van der Waals surface area contributed by atoms with Crippen LogP contribution in [0.2, 0.25) is 0 Å². The van der Waals surface area contributed by atoms with E-state index in [4.69, 9.17) is 0 Å². The fraction of sp³-hybridized carbons (Fsp3) is 0.667. The van der Waals surface area contributed by atoms with E-state index in [9.17, 15) is 14.4 Å². The molecule has 0 aromatic carbocycles. The van der Waals surface area contributed by atoms with Crippen LogP contribution in [0, 0.1) is 0 Å². The minimum absolute atomic E-state index is 0.0259. The molecule has 2 fully saturated rings. The molecule has 7 heteroatoms. The van der Waals surface area contributed by atoms with Crippen LogP contribution < -0.4 is 5.56 Å². The summed E-state index contributed by atoms with van der Waals surface area (Å²) in [5, 5.41) is 0. The molecule has 1 aromatic rings. The van der Waals surface area contributed by atoms with Crippen LogP contribution in [-0.2, 0) is 22.6 Å².